The summed E-state index contributed by atoms with van der Waals surface area (Å²) in [4.78, 5) is 3.07. The molecule has 0 unspecified atom stereocenters. The molecule has 0 heterocycles. The predicted octanol–water partition coefficient (Wildman–Crippen LogP) is 1.82. The fourth-order valence-electron chi connectivity index (χ4n) is 2.36. The summed E-state index contributed by atoms with van der Waals surface area (Å²) in [5, 5.41) is 0. The van der Waals surface area contributed by atoms with Gasteiger partial charge in [-0.1, -0.05) is 12.2 Å². The van der Waals surface area contributed by atoms with E-state index in [0.717, 1.165) is 52.5 Å². The van der Waals surface area contributed by atoms with Crippen molar-refractivity contribution in [2.45, 2.75) is 33.1 Å². The number of hydrogen-bond acceptors (Lipinski definition) is 4. The van der Waals surface area contributed by atoms with Gasteiger partial charge in [0.1, 0.15) is 0 Å². The Morgan fingerprint density at radius 3 is 2.05 bits per heavy atom. The van der Waals surface area contributed by atoms with E-state index in [0.29, 0.717) is 10.4 Å². The summed E-state index contributed by atoms with van der Waals surface area (Å²) in [6, 6.07) is 0. The maximum atomic E-state index is 5.70. The highest BCUT2D eigenvalue weighted by Crippen LogP contribution is 2.49. The first-order valence-corrected chi connectivity index (χ1v) is 7.69. The van der Waals surface area contributed by atoms with Crippen LogP contribution in [0.2, 0.25) is 0 Å². The highest BCUT2D eigenvalue weighted by molar-refractivity contribution is 7.80. The van der Waals surface area contributed by atoms with Gasteiger partial charge in [0, 0.05) is 39.3 Å². The summed E-state index contributed by atoms with van der Waals surface area (Å²) in [5.41, 5.74) is 6.04. The lowest BCUT2D eigenvalue weighted by atomic mass is 10.0. The normalized spacial score (nSPS) is 16.8. The molecule has 19 heavy (non-hydrogen) atoms. The molecule has 0 bridgehead atoms. The standard InChI is InChI=1S/C14H28N2O2S/c1-3-17-9-7-16(8-10-18-4-2)12-14(5-6-14)11-13(15)19/h3-12H2,1-2H3,(H2,15,19). The van der Waals surface area contributed by atoms with Gasteiger partial charge in [0.15, 0.2) is 0 Å². The van der Waals surface area contributed by atoms with E-state index in [-0.39, 0.29) is 0 Å². The van der Waals surface area contributed by atoms with E-state index in [2.05, 4.69) is 4.90 Å². The molecule has 0 spiro atoms. The van der Waals surface area contributed by atoms with E-state index < -0.39 is 0 Å². The van der Waals surface area contributed by atoms with Crippen molar-refractivity contribution in [1.29, 1.82) is 0 Å². The zero-order valence-corrected chi connectivity index (χ0v) is 13.1. The van der Waals surface area contributed by atoms with Crippen molar-refractivity contribution in [2.75, 3.05) is 46.1 Å². The molecule has 0 aromatic carbocycles. The Morgan fingerprint density at radius 1 is 1.16 bits per heavy atom. The number of hydrogen-bond donors (Lipinski definition) is 1. The molecule has 0 aromatic heterocycles. The van der Waals surface area contributed by atoms with Gasteiger partial charge in [-0.2, -0.15) is 0 Å². The Hall–Kier alpha value is -0.230. The Labute approximate surface area is 122 Å². The second-order valence-electron chi connectivity index (χ2n) is 5.31. The van der Waals surface area contributed by atoms with Crippen LogP contribution in [0.5, 0.6) is 0 Å². The Bertz CT molecular complexity index is 260. The number of rotatable bonds is 12. The fraction of sp³-hybridized carbons (Fsp3) is 0.929. The maximum absolute atomic E-state index is 5.70. The number of nitrogens with zero attached hydrogens (tertiary/aromatic N) is 1. The van der Waals surface area contributed by atoms with Gasteiger partial charge in [-0.15, -0.1) is 0 Å². The molecule has 0 saturated heterocycles. The molecule has 1 fully saturated rings. The largest absolute Gasteiger partial charge is 0.393 e. The summed E-state index contributed by atoms with van der Waals surface area (Å²) >= 11 is 5.06. The summed E-state index contributed by atoms with van der Waals surface area (Å²) in [6.07, 6.45) is 3.36. The van der Waals surface area contributed by atoms with Crippen LogP contribution in [0.1, 0.15) is 33.1 Å². The van der Waals surface area contributed by atoms with Gasteiger partial charge in [-0.3, -0.25) is 4.90 Å². The van der Waals surface area contributed by atoms with Crippen LogP contribution in [-0.4, -0.2) is 56.0 Å². The number of nitrogens with two attached hydrogens (primary N) is 1. The highest BCUT2D eigenvalue weighted by atomic mass is 32.1. The van der Waals surface area contributed by atoms with Gasteiger partial charge in [0.2, 0.25) is 0 Å². The lowest BCUT2D eigenvalue weighted by Crippen LogP contribution is -2.37. The molecule has 0 radical (unpaired) electrons. The van der Waals surface area contributed by atoms with Crippen molar-refractivity contribution in [3.63, 3.8) is 0 Å². The van der Waals surface area contributed by atoms with Crippen molar-refractivity contribution in [3.8, 4) is 0 Å². The molecule has 1 rings (SSSR count). The van der Waals surface area contributed by atoms with Crippen molar-refractivity contribution < 1.29 is 9.47 Å². The Kier molecular flexibility index (Phi) is 7.83. The van der Waals surface area contributed by atoms with Crippen molar-refractivity contribution in [2.24, 2.45) is 11.1 Å². The average molecular weight is 288 g/mol. The monoisotopic (exact) mass is 288 g/mol. The van der Waals surface area contributed by atoms with Crippen LogP contribution in [0.15, 0.2) is 0 Å². The number of thiocarbonyl (C=S) groups is 1. The van der Waals surface area contributed by atoms with E-state index in [1.807, 2.05) is 13.8 Å². The molecule has 4 nitrogen and oxygen atoms in total. The Morgan fingerprint density at radius 2 is 1.68 bits per heavy atom. The van der Waals surface area contributed by atoms with Gasteiger partial charge in [0.25, 0.3) is 0 Å². The first-order valence-electron chi connectivity index (χ1n) is 7.28. The lowest BCUT2D eigenvalue weighted by Gasteiger charge is -2.27. The van der Waals surface area contributed by atoms with Gasteiger partial charge in [-0.05, 0) is 32.1 Å². The van der Waals surface area contributed by atoms with Crippen LogP contribution in [0.25, 0.3) is 0 Å². The molecule has 1 aliphatic carbocycles. The third kappa shape index (κ3) is 7.20. The minimum Gasteiger partial charge on any atom is -0.393 e. The predicted molar refractivity (Wildman–Crippen MR) is 82.5 cm³/mol. The van der Waals surface area contributed by atoms with E-state index in [1.165, 1.54) is 12.8 Å². The molecule has 0 atom stereocenters. The second kappa shape index (κ2) is 8.84. The average Bonchev–Trinajstić information content (AvgIpc) is 3.08. The molecule has 0 amide bonds. The van der Waals surface area contributed by atoms with Gasteiger partial charge in [0.05, 0.1) is 18.2 Å². The first-order chi connectivity index (χ1) is 9.12. The molecule has 0 aromatic rings. The third-order valence-corrected chi connectivity index (χ3v) is 3.72. The van der Waals surface area contributed by atoms with Crippen molar-refractivity contribution in [1.82, 2.24) is 4.90 Å². The summed E-state index contributed by atoms with van der Waals surface area (Å²) in [7, 11) is 0. The molecule has 5 heteroatoms. The molecule has 112 valence electrons. The molecular formula is C14H28N2O2S. The van der Waals surface area contributed by atoms with Crippen LogP contribution in [0, 0.1) is 5.41 Å². The van der Waals surface area contributed by atoms with E-state index in [1.54, 1.807) is 0 Å². The van der Waals surface area contributed by atoms with E-state index in [4.69, 9.17) is 27.4 Å². The Balaban J connectivity index is 2.36. The van der Waals surface area contributed by atoms with Crippen LogP contribution in [-0.2, 0) is 9.47 Å². The molecular weight excluding hydrogens is 260 g/mol. The quantitative estimate of drug-likeness (QED) is 0.438. The van der Waals surface area contributed by atoms with Crippen LogP contribution in [0.3, 0.4) is 0 Å². The van der Waals surface area contributed by atoms with Crippen molar-refractivity contribution >= 4 is 17.2 Å². The maximum Gasteiger partial charge on any atom is 0.0733 e. The zero-order valence-electron chi connectivity index (χ0n) is 12.3. The van der Waals surface area contributed by atoms with Crippen LogP contribution >= 0.6 is 12.2 Å². The smallest absolute Gasteiger partial charge is 0.0733 e. The molecule has 2 N–H and O–H groups in total. The fourth-order valence-corrected chi connectivity index (χ4v) is 2.66. The molecule has 0 aliphatic heterocycles. The van der Waals surface area contributed by atoms with Crippen molar-refractivity contribution in [3.05, 3.63) is 0 Å². The third-order valence-electron chi connectivity index (χ3n) is 3.58. The summed E-state index contributed by atoms with van der Waals surface area (Å²) in [5.74, 6) is 0. The van der Waals surface area contributed by atoms with Gasteiger partial charge < -0.3 is 15.2 Å². The van der Waals surface area contributed by atoms with E-state index >= 15 is 0 Å². The number of ether oxygens (including phenoxy) is 2. The topological polar surface area (TPSA) is 47.7 Å². The van der Waals surface area contributed by atoms with Crippen LogP contribution < -0.4 is 5.73 Å². The highest BCUT2D eigenvalue weighted by Gasteiger charge is 2.43. The SMILES string of the molecule is CCOCCN(CCOCC)CC1(CC(N)=S)CC1. The van der Waals surface area contributed by atoms with Gasteiger partial charge in [-0.25, -0.2) is 0 Å². The van der Waals surface area contributed by atoms with E-state index in [9.17, 15) is 0 Å². The summed E-state index contributed by atoms with van der Waals surface area (Å²) < 4.78 is 10.9. The van der Waals surface area contributed by atoms with Gasteiger partial charge >= 0.3 is 0 Å². The second-order valence-corrected chi connectivity index (χ2v) is 5.84. The minimum atomic E-state index is 0.338. The summed E-state index contributed by atoms with van der Waals surface area (Å²) in [6.45, 7) is 10.1. The lowest BCUT2D eigenvalue weighted by molar-refractivity contribution is 0.0739. The molecule has 1 saturated carbocycles. The van der Waals surface area contributed by atoms with Crippen LogP contribution in [0.4, 0.5) is 0 Å². The first kappa shape index (κ1) is 16.8. The minimum absolute atomic E-state index is 0.338. The molecule has 1 aliphatic rings. The zero-order chi connectivity index (χ0) is 14.1.